The SMILES string of the molecule is Oc1nccs1.c1ccc2ncccc2c1. The first kappa shape index (κ1) is 10.6. The van der Waals surface area contributed by atoms with Gasteiger partial charge >= 0.3 is 0 Å². The molecule has 3 rings (SSSR count). The molecule has 0 atom stereocenters. The fourth-order valence-electron chi connectivity index (χ4n) is 1.23. The molecule has 0 saturated carbocycles. The third-order valence-electron chi connectivity index (χ3n) is 1.93. The smallest absolute Gasteiger partial charge is 0.270 e. The van der Waals surface area contributed by atoms with E-state index in [0.717, 1.165) is 5.52 Å². The zero-order chi connectivity index (χ0) is 11.2. The van der Waals surface area contributed by atoms with Crippen LogP contribution in [0.5, 0.6) is 5.19 Å². The summed E-state index contributed by atoms with van der Waals surface area (Å²) in [4.78, 5) is 7.67. The number of benzene rings is 1. The summed E-state index contributed by atoms with van der Waals surface area (Å²) in [5.74, 6) is 0. The van der Waals surface area contributed by atoms with E-state index in [4.69, 9.17) is 5.11 Å². The molecule has 2 heterocycles. The summed E-state index contributed by atoms with van der Waals surface area (Å²) in [5, 5.41) is 11.4. The topological polar surface area (TPSA) is 46.0 Å². The number of aromatic nitrogens is 2. The number of pyridine rings is 1. The summed E-state index contributed by atoms with van der Waals surface area (Å²) in [5.41, 5.74) is 1.06. The van der Waals surface area contributed by atoms with E-state index in [1.165, 1.54) is 16.7 Å². The van der Waals surface area contributed by atoms with E-state index in [2.05, 4.69) is 22.1 Å². The number of fused-ring (bicyclic) bond motifs is 1. The fraction of sp³-hybridized carbons (Fsp3) is 0. The second-order valence-corrected chi connectivity index (χ2v) is 3.88. The van der Waals surface area contributed by atoms with Crippen LogP contribution in [0.25, 0.3) is 10.9 Å². The van der Waals surface area contributed by atoms with Crippen molar-refractivity contribution in [2.45, 2.75) is 0 Å². The molecule has 0 bridgehead atoms. The number of para-hydroxylation sites is 1. The maximum absolute atomic E-state index is 8.38. The molecule has 0 amide bonds. The van der Waals surface area contributed by atoms with Gasteiger partial charge in [0, 0.05) is 23.2 Å². The van der Waals surface area contributed by atoms with Crippen LogP contribution in [-0.2, 0) is 0 Å². The van der Waals surface area contributed by atoms with Gasteiger partial charge in [-0.15, -0.1) is 0 Å². The lowest BCUT2D eigenvalue weighted by atomic mass is 10.2. The van der Waals surface area contributed by atoms with E-state index in [1.54, 1.807) is 11.6 Å². The minimum Gasteiger partial charge on any atom is -0.486 e. The molecule has 0 unspecified atom stereocenters. The van der Waals surface area contributed by atoms with E-state index in [1.807, 2.05) is 30.5 Å². The van der Waals surface area contributed by atoms with Gasteiger partial charge in [-0.2, -0.15) is 0 Å². The maximum Gasteiger partial charge on any atom is 0.270 e. The molecule has 2 aromatic heterocycles. The molecule has 0 spiro atoms. The standard InChI is InChI=1S/C9H7N.C3H3NOS/c1-2-6-9-8(4-1)5-3-7-10-9;5-3-4-1-2-6-3/h1-7H;1-2H,(H,4,5). The maximum atomic E-state index is 8.38. The van der Waals surface area contributed by atoms with Gasteiger partial charge in [-0.1, -0.05) is 35.6 Å². The zero-order valence-electron chi connectivity index (χ0n) is 8.45. The van der Waals surface area contributed by atoms with Crippen LogP contribution >= 0.6 is 11.3 Å². The number of rotatable bonds is 0. The predicted octanol–water partition coefficient (Wildman–Crippen LogP) is 3.08. The Hall–Kier alpha value is -1.94. The molecule has 3 nitrogen and oxygen atoms in total. The highest BCUT2D eigenvalue weighted by Gasteiger charge is 1.86. The Balaban J connectivity index is 0.000000138. The van der Waals surface area contributed by atoms with Crippen molar-refractivity contribution in [1.82, 2.24) is 9.97 Å². The van der Waals surface area contributed by atoms with Gasteiger partial charge in [0.05, 0.1) is 5.52 Å². The van der Waals surface area contributed by atoms with Gasteiger partial charge in [-0.25, -0.2) is 4.98 Å². The van der Waals surface area contributed by atoms with Crippen molar-refractivity contribution in [3.63, 3.8) is 0 Å². The van der Waals surface area contributed by atoms with Crippen LogP contribution in [0, 0.1) is 0 Å². The van der Waals surface area contributed by atoms with E-state index in [0.29, 0.717) is 0 Å². The summed E-state index contributed by atoms with van der Waals surface area (Å²) >= 11 is 1.22. The summed E-state index contributed by atoms with van der Waals surface area (Å²) in [6.07, 6.45) is 3.36. The highest BCUT2D eigenvalue weighted by molar-refractivity contribution is 7.11. The van der Waals surface area contributed by atoms with Crippen LogP contribution in [0.1, 0.15) is 0 Å². The summed E-state index contributed by atoms with van der Waals surface area (Å²) in [6, 6.07) is 12.1. The van der Waals surface area contributed by atoms with Crippen molar-refractivity contribution in [3.8, 4) is 5.19 Å². The Kier molecular flexibility index (Phi) is 3.46. The first-order valence-corrected chi connectivity index (χ1v) is 5.62. The number of aromatic hydroxyl groups is 1. The van der Waals surface area contributed by atoms with Gasteiger partial charge in [0.1, 0.15) is 0 Å². The molecule has 16 heavy (non-hydrogen) atoms. The monoisotopic (exact) mass is 230 g/mol. The molecule has 1 N–H and O–H groups in total. The van der Waals surface area contributed by atoms with Crippen LogP contribution < -0.4 is 0 Å². The van der Waals surface area contributed by atoms with Crippen LogP contribution in [0.2, 0.25) is 0 Å². The van der Waals surface area contributed by atoms with Gasteiger partial charge in [-0.3, -0.25) is 4.98 Å². The first-order chi connectivity index (χ1) is 7.86. The summed E-state index contributed by atoms with van der Waals surface area (Å²) in [7, 11) is 0. The molecule has 0 radical (unpaired) electrons. The second kappa shape index (κ2) is 5.23. The Morgan fingerprint density at radius 3 is 2.38 bits per heavy atom. The van der Waals surface area contributed by atoms with Crippen molar-refractivity contribution >= 4 is 22.2 Å². The average molecular weight is 230 g/mol. The third-order valence-corrected chi connectivity index (χ3v) is 2.51. The molecular formula is C12H10N2OS. The average Bonchev–Trinajstić information content (AvgIpc) is 2.81. The van der Waals surface area contributed by atoms with Crippen LogP contribution in [0.4, 0.5) is 0 Å². The van der Waals surface area contributed by atoms with Crippen molar-refractivity contribution in [1.29, 1.82) is 0 Å². The van der Waals surface area contributed by atoms with Crippen molar-refractivity contribution in [3.05, 3.63) is 54.2 Å². The molecule has 0 aliphatic carbocycles. The molecule has 0 aliphatic rings. The highest BCUT2D eigenvalue weighted by atomic mass is 32.1. The van der Waals surface area contributed by atoms with Crippen LogP contribution in [-0.4, -0.2) is 15.1 Å². The number of nitrogens with zero attached hydrogens (tertiary/aromatic N) is 2. The lowest BCUT2D eigenvalue weighted by molar-refractivity contribution is 0.471. The Morgan fingerprint density at radius 2 is 1.75 bits per heavy atom. The highest BCUT2D eigenvalue weighted by Crippen LogP contribution is 2.09. The normalized spacial score (nSPS) is 9.50. The lowest BCUT2D eigenvalue weighted by Crippen LogP contribution is -1.73. The van der Waals surface area contributed by atoms with Gasteiger partial charge in [-0.05, 0) is 12.1 Å². The molecule has 3 aromatic rings. The van der Waals surface area contributed by atoms with E-state index >= 15 is 0 Å². The van der Waals surface area contributed by atoms with E-state index in [-0.39, 0.29) is 5.19 Å². The largest absolute Gasteiger partial charge is 0.486 e. The van der Waals surface area contributed by atoms with Gasteiger partial charge in [0.2, 0.25) is 0 Å². The molecule has 0 fully saturated rings. The van der Waals surface area contributed by atoms with E-state index in [9.17, 15) is 0 Å². The summed E-state index contributed by atoms with van der Waals surface area (Å²) < 4.78 is 0. The fourth-order valence-corrected chi connectivity index (χ4v) is 1.60. The molecule has 0 saturated heterocycles. The molecule has 1 aromatic carbocycles. The first-order valence-electron chi connectivity index (χ1n) is 4.74. The second-order valence-electron chi connectivity index (χ2n) is 3.01. The third kappa shape index (κ3) is 2.77. The van der Waals surface area contributed by atoms with Crippen molar-refractivity contribution in [2.75, 3.05) is 0 Å². The Bertz CT molecular complexity index is 486. The van der Waals surface area contributed by atoms with Gasteiger partial charge in [0.15, 0.2) is 0 Å². The Labute approximate surface area is 97.0 Å². The quantitative estimate of drug-likeness (QED) is 0.645. The predicted molar refractivity (Wildman–Crippen MR) is 65.5 cm³/mol. The van der Waals surface area contributed by atoms with Crippen molar-refractivity contribution in [2.24, 2.45) is 0 Å². The summed E-state index contributed by atoms with van der Waals surface area (Å²) in [6.45, 7) is 0. The van der Waals surface area contributed by atoms with Gasteiger partial charge in [0.25, 0.3) is 5.19 Å². The van der Waals surface area contributed by atoms with Gasteiger partial charge < -0.3 is 5.11 Å². The minimum absolute atomic E-state index is 0.134. The Morgan fingerprint density at radius 1 is 0.938 bits per heavy atom. The number of hydrogen-bond donors (Lipinski definition) is 1. The lowest BCUT2D eigenvalue weighted by Gasteiger charge is -1.91. The zero-order valence-corrected chi connectivity index (χ0v) is 9.26. The van der Waals surface area contributed by atoms with Crippen LogP contribution in [0.15, 0.2) is 54.2 Å². The van der Waals surface area contributed by atoms with Crippen LogP contribution in [0.3, 0.4) is 0 Å². The number of hydrogen-bond acceptors (Lipinski definition) is 4. The molecule has 4 heteroatoms. The number of thiazole rings is 1. The van der Waals surface area contributed by atoms with E-state index < -0.39 is 0 Å². The molecule has 0 aliphatic heterocycles. The van der Waals surface area contributed by atoms with Crippen molar-refractivity contribution < 1.29 is 5.11 Å². The minimum atomic E-state index is 0.134. The molecule has 80 valence electrons. The molecular weight excluding hydrogens is 220 g/mol.